The van der Waals surface area contributed by atoms with Gasteiger partial charge in [0.25, 0.3) is 5.91 Å². The van der Waals surface area contributed by atoms with Crippen LogP contribution in [0.4, 0.5) is 0 Å². The van der Waals surface area contributed by atoms with Crippen LogP contribution in [0.1, 0.15) is 45.2 Å². The third kappa shape index (κ3) is 6.06. The molecule has 4 heteroatoms. The number of carbonyl (C=O) groups is 1. The van der Waals surface area contributed by atoms with Crippen molar-refractivity contribution in [2.45, 2.75) is 39.7 Å². The molecule has 0 saturated carbocycles. The fourth-order valence-electron chi connectivity index (χ4n) is 1.88. The molecule has 0 bridgehead atoms. The van der Waals surface area contributed by atoms with E-state index in [0.29, 0.717) is 6.04 Å². The summed E-state index contributed by atoms with van der Waals surface area (Å²) in [6.07, 6.45) is 2.08. The summed E-state index contributed by atoms with van der Waals surface area (Å²) in [6.45, 7) is 8.05. The van der Waals surface area contributed by atoms with Crippen LogP contribution in [0.5, 0.6) is 5.75 Å². The van der Waals surface area contributed by atoms with Gasteiger partial charge in [-0.05, 0) is 37.6 Å². The minimum atomic E-state index is -0.0662. The fourth-order valence-corrected chi connectivity index (χ4v) is 1.88. The Morgan fingerprint density at radius 3 is 2.55 bits per heavy atom. The lowest BCUT2D eigenvalue weighted by Gasteiger charge is -2.13. The van der Waals surface area contributed by atoms with E-state index in [4.69, 9.17) is 4.74 Å². The third-order valence-electron chi connectivity index (χ3n) is 3.11. The number of hydrogen-bond donors (Lipinski definition) is 2. The Kier molecular flexibility index (Phi) is 7.73. The average molecular weight is 278 g/mol. The van der Waals surface area contributed by atoms with Crippen LogP contribution in [0, 0.1) is 0 Å². The molecular formula is C16H26N2O2. The van der Waals surface area contributed by atoms with Crippen LogP contribution in [0.3, 0.4) is 0 Å². The van der Waals surface area contributed by atoms with Crippen LogP contribution in [0.2, 0.25) is 0 Å². The molecule has 1 rings (SSSR count). The van der Waals surface area contributed by atoms with E-state index in [-0.39, 0.29) is 12.5 Å². The highest BCUT2D eigenvalue weighted by atomic mass is 16.5. The summed E-state index contributed by atoms with van der Waals surface area (Å²) in [5.74, 6) is 0.659. The van der Waals surface area contributed by atoms with Crippen molar-refractivity contribution in [3.05, 3.63) is 29.8 Å². The normalized spacial score (nSPS) is 11.9. The highest BCUT2D eigenvalue weighted by Crippen LogP contribution is 2.17. The first-order chi connectivity index (χ1) is 9.67. The van der Waals surface area contributed by atoms with Gasteiger partial charge in [0.1, 0.15) is 5.75 Å². The van der Waals surface area contributed by atoms with Gasteiger partial charge >= 0.3 is 0 Å². The van der Waals surface area contributed by atoms with Crippen LogP contribution in [0.25, 0.3) is 0 Å². The number of rotatable bonds is 9. The van der Waals surface area contributed by atoms with Gasteiger partial charge in [0.15, 0.2) is 6.61 Å². The molecule has 0 saturated heterocycles. The summed E-state index contributed by atoms with van der Waals surface area (Å²) in [6, 6.07) is 8.19. The second-order valence-electron chi connectivity index (χ2n) is 4.84. The molecule has 0 heterocycles. The average Bonchev–Trinajstić information content (AvgIpc) is 2.46. The molecule has 4 nitrogen and oxygen atoms in total. The van der Waals surface area contributed by atoms with Gasteiger partial charge in [-0.3, -0.25) is 4.79 Å². The Hall–Kier alpha value is -1.55. The first kappa shape index (κ1) is 16.5. The smallest absolute Gasteiger partial charge is 0.257 e. The van der Waals surface area contributed by atoms with Crippen LogP contribution in [0.15, 0.2) is 24.3 Å². The van der Waals surface area contributed by atoms with Gasteiger partial charge in [0.05, 0.1) is 0 Å². The van der Waals surface area contributed by atoms with Crippen molar-refractivity contribution >= 4 is 5.91 Å². The Morgan fingerprint density at radius 2 is 1.95 bits per heavy atom. The summed E-state index contributed by atoms with van der Waals surface area (Å²) >= 11 is 0. The van der Waals surface area contributed by atoms with Crippen molar-refractivity contribution in [3.8, 4) is 5.75 Å². The van der Waals surface area contributed by atoms with Crippen molar-refractivity contribution < 1.29 is 9.53 Å². The molecule has 1 amide bonds. The van der Waals surface area contributed by atoms with E-state index >= 15 is 0 Å². The number of ether oxygens (including phenoxy) is 1. The zero-order chi connectivity index (χ0) is 14.8. The summed E-state index contributed by atoms with van der Waals surface area (Å²) in [5.41, 5.74) is 1.21. The molecule has 0 spiro atoms. The van der Waals surface area contributed by atoms with Crippen molar-refractivity contribution in [1.82, 2.24) is 10.6 Å². The maximum Gasteiger partial charge on any atom is 0.257 e. The van der Waals surface area contributed by atoms with E-state index in [9.17, 15) is 4.79 Å². The van der Waals surface area contributed by atoms with Crippen LogP contribution in [-0.4, -0.2) is 25.6 Å². The first-order valence-corrected chi connectivity index (χ1v) is 7.40. The monoisotopic (exact) mass is 278 g/mol. The van der Waals surface area contributed by atoms with Crippen molar-refractivity contribution in [2.75, 3.05) is 19.7 Å². The van der Waals surface area contributed by atoms with E-state index in [2.05, 4.69) is 31.4 Å². The predicted octanol–water partition coefficient (Wildman–Crippen LogP) is 2.65. The molecule has 1 atom stereocenters. The van der Waals surface area contributed by atoms with Crippen molar-refractivity contribution in [2.24, 2.45) is 0 Å². The maximum absolute atomic E-state index is 11.5. The Balaban J connectivity index is 2.36. The number of unbranched alkanes of at least 4 members (excludes halogenated alkanes) is 1. The SMILES string of the molecule is CCCCNC(=O)COc1ccc(C(C)NCC)cc1. The van der Waals surface area contributed by atoms with E-state index in [1.807, 2.05) is 24.3 Å². The molecule has 2 N–H and O–H groups in total. The van der Waals surface area contributed by atoms with Crippen molar-refractivity contribution in [1.29, 1.82) is 0 Å². The molecule has 0 fully saturated rings. The first-order valence-electron chi connectivity index (χ1n) is 7.40. The zero-order valence-electron chi connectivity index (χ0n) is 12.7. The van der Waals surface area contributed by atoms with E-state index in [0.717, 1.165) is 31.7 Å². The molecule has 0 aliphatic rings. The number of carbonyl (C=O) groups excluding carboxylic acids is 1. The Morgan fingerprint density at radius 1 is 1.25 bits per heavy atom. The topological polar surface area (TPSA) is 50.4 Å². The summed E-state index contributed by atoms with van der Waals surface area (Å²) in [7, 11) is 0. The Labute approximate surface area is 121 Å². The Bertz CT molecular complexity index is 390. The van der Waals surface area contributed by atoms with Gasteiger partial charge in [-0.1, -0.05) is 32.4 Å². The molecule has 0 aliphatic carbocycles. The van der Waals surface area contributed by atoms with Gasteiger partial charge in [-0.25, -0.2) is 0 Å². The lowest BCUT2D eigenvalue weighted by Crippen LogP contribution is -2.29. The fraction of sp³-hybridized carbons (Fsp3) is 0.562. The van der Waals surface area contributed by atoms with Gasteiger partial charge in [-0.2, -0.15) is 0 Å². The van der Waals surface area contributed by atoms with E-state index < -0.39 is 0 Å². The van der Waals surface area contributed by atoms with Crippen LogP contribution >= 0.6 is 0 Å². The number of amides is 1. The van der Waals surface area contributed by atoms with Crippen LogP contribution in [-0.2, 0) is 4.79 Å². The molecule has 112 valence electrons. The van der Waals surface area contributed by atoms with Gasteiger partial charge < -0.3 is 15.4 Å². The summed E-state index contributed by atoms with van der Waals surface area (Å²) in [4.78, 5) is 11.5. The van der Waals surface area contributed by atoms with Crippen molar-refractivity contribution in [3.63, 3.8) is 0 Å². The second-order valence-corrected chi connectivity index (χ2v) is 4.84. The molecule has 1 aromatic carbocycles. The molecule has 20 heavy (non-hydrogen) atoms. The van der Waals surface area contributed by atoms with Gasteiger partial charge in [0.2, 0.25) is 0 Å². The highest BCUT2D eigenvalue weighted by Gasteiger charge is 2.05. The van der Waals surface area contributed by atoms with E-state index in [1.54, 1.807) is 0 Å². The second kappa shape index (κ2) is 9.37. The van der Waals surface area contributed by atoms with Crippen LogP contribution < -0.4 is 15.4 Å². The predicted molar refractivity (Wildman–Crippen MR) is 81.9 cm³/mol. The minimum absolute atomic E-state index is 0.0662. The largest absolute Gasteiger partial charge is 0.484 e. The maximum atomic E-state index is 11.5. The third-order valence-corrected chi connectivity index (χ3v) is 3.11. The standard InChI is InChI=1S/C16H26N2O2/c1-4-6-11-18-16(19)12-20-15-9-7-14(8-10-15)13(3)17-5-2/h7-10,13,17H,4-6,11-12H2,1-3H3,(H,18,19). The molecule has 1 unspecified atom stereocenters. The van der Waals surface area contributed by atoms with Gasteiger partial charge in [0, 0.05) is 12.6 Å². The summed E-state index contributed by atoms with van der Waals surface area (Å²) in [5, 5.41) is 6.18. The molecular weight excluding hydrogens is 252 g/mol. The quantitative estimate of drug-likeness (QED) is 0.683. The highest BCUT2D eigenvalue weighted by molar-refractivity contribution is 5.77. The molecule has 0 aromatic heterocycles. The zero-order valence-corrected chi connectivity index (χ0v) is 12.7. The molecule has 0 radical (unpaired) electrons. The minimum Gasteiger partial charge on any atom is -0.484 e. The number of nitrogens with one attached hydrogen (secondary N) is 2. The lowest BCUT2D eigenvalue weighted by molar-refractivity contribution is -0.123. The van der Waals surface area contributed by atoms with E-state index in [1.165, 1.54) is 5.56 Å². The molecule has 0 aliphatic heterocycles. The summed E-state index contributed by atoms with van der Waals surface area (Å²) < 4.78 is 5.46. The van der Waals surface area contributed by atoms with Gasteiger partial charge in [-0.15, -0.1) is 0 Å². The number of benzene rings is 1. The molecule has 1 aromatic rings. The lowest BCUT2D eigenvalue weighted by atomic mass is 10.1. The number of hydrogen-bond acceptors (Lipinski definition) is 3.